The SMILES string of the molecule is COCCCCNCC(=O)NCCC(C)C. The molecule has 4 nitrogen and oxygen atoms in total. The van der Waals surface area contributed by atoms with Crippen LogP contribution in [0.5, 0.6) is 0 Å². The average molecular weight is 230 g/mol. The summed E-state index contributed by atoms with van der Waals surface area (Å²) in [5.74, 6) is 0.731. The van der Waals surface area contributed by atoms with Gasteiger partial charge < -0.3 is 15.4 Å². The normalized spacial score (nSPS) is 10.8. The molecule has 0 aromatic rings. The summed E-state index contributed by atoms with van der Waals surface area (Å²) in [4.78, 5) is 11.3. The highest BCUT2D eigenvalue weighted by molar-refractivity contribution is 5.77. The highest BCUT2D eigenvalue weighted by Crippen LogP contribution is 1.95. The van der Waals surface area contributed by atoms with Crippen LogP contribution in [0.2, 0.25) is 0 Å². The lowest BCUT2D eigenvalue weighted by atomic mass is 10.1. The molecule has 0 aromatic heterocycles. The number of unbranched alkanes of at least 4 members (excludes halogenated alkanes) is 1. The molecule has 0 heterocycles. The van der Waals surface area contributed by atoms with Crippen molar-refractivity contribution in [3.05, 3.63) is 0 Å². The Bertz CT molecular complexity index is 172. The summed E-state index contributed by atoms with van der Waals surface area (Å²) in [6.07, 6.45) is 3.13. The van der Waals surface area contributed by atoms with Gasteiger partial charge in [-0.05, 0) is 31.7 Å². The van der Waals surface area contributed by atoms with Crippen LogP contribution >= 0.6 is 0 Å². The molecule has 0 saturated heterocycles. The van der Waals surface area contributed by atoms with Gasteiger partial charge in [-0.15, -0.1) is 0 Å². The fourth-order valence-electron chi connectivity index (χ4n) is 1.26. The number of methoxy groups -OCH3 is 1. The van der Waals surface area contributed by atoms with E-state index in [1.165, 1.54) is 0 Å². The third kappa shape index (κ3) is 11.5. The van der Waals surface area contributed by atoms with Gasteiger partial charge in [-0.3, -0.25) is 4.79 Å². The number of nitrogens with one attached hydrogen (secondary N) is 2. The van der Waals surface area contributed by atoms with Gasteiger partial charge >= 0.3 is 0 Å². The van der Waals surface area contributed by atoms with Crippen LogP contribution in [0.15, 0.2) is 0 Å². The monoisotopic (exact) mass is 230 g/mol. The Morgan fingerprint density at radius 3 is 2.62 bits per heavy atom. The third-order valence-corrected chi connectivity index (χ3v) is 2.28. The van der Waals surface area contributed by atoms with Crippen LogP contribution in [-0.4, -0.2) is 39.3 Å². The summed E-state index contributed by atoms with van der Waals surface area (Å²) in [5, 5.41) is 6.00. The molecule has 0 atom stereocenters. The van der Waals surface area contributed by atoms with Crippen molar-refractivity contribution in [1.82, 2.24) is 10.6 Å². The number of amides is 1. The van der Waals surface area contributed by atoms with Crippen LogP contribution in [0.1, 0.15) is 33.1 Å². The second-order valence-electron chi connectivity index (χ2n) is 4.41. The summed E-state index contributed by atoms with van der Waals surface area (Å²) in [7, 11) is 1.70. The van der Waals surface area contributed by atoms with Crippen molar-refractivity contribution in [3.63, 3.8) is 0 Å². The van der Waals surface area contributed by atoms with Gasteiger partial charge in [0.2, 0.25) is 5.91 Å². The van der Waals surface area contributed by atoms with E-state index in [1.54, 1.807) is 7.11 Å². The molecule has 4 heteroatoms. The van der Waals surface area contributed by atoms with Gasteiger partial charge in [-0.2, -0.15) is 0 Å². The van der Waals surface area contributed by atoms with Crippen LogP contribution in [0.25, 0.3) is 0 Å². The molecule has 0 fully saturated rings. The molecule has 0 aliphatic rings. The summed E-state index contributed by atoms with van der Waals surface area (Å²) < 4.78 is 4.94. The smallest absolute Gasteiger partial charge is 0.233 e. The van der Waals surface area contributed by atoms with E-state index in [1.807, 2.05) is 0 Å². The van der Waals surface area contributed by atoms with Crippen molar-refractivity contribution in [2.75, 3.05) is 33.4 Å². The first kappa shape index (κ1) is 15.4. The van der Waals surface area contributed by atoms with E-state index in [2.05, 4.69) is 24.5 Å². The molecule has 2 N–H and O–H groups in total. The molecule has 16 heavy (non-hydrogen) atoms. The first-order valence-corrected chi connectivity index (χ1v) is 6.13. The molecule has 0 aliphatic heterocycles. The lowest BCUT2D eigenvalue weighted by Gasteiger charge is -2.08. The Morgan fingerprint density at radius 1 is 1.25 bits per heavy atom. The Labute approximate surface area is 99.1 Å². The molecule has 0 aliphatic carbocycles. The van der Waals surface area contributed by atoms with Gasteiger partial charge in [0.15, 0.2) is 0 Å². The zero-order valence-electron chi connectivity index (χ0n) is 10.8. The van der Waals surface area contributed by atoms with Crippen LogP contribution < -0.4 is 10.6 Å². The number of ether oxygens (including phenoxy) is 1. The molecule has 96 valence electrons. The summed E-state index contributed by atoms with van der Waals surface area (Å²) >= 11 is 0. The largest absolute Gasteiger partial charge is 0.385 e. The second kappa shape index (κ2) is 10.9. The maximum absolute atomic E-state index is 11.3. The predicted molar refractivity (Wildman–Crippen MR) is 66.4 cm³/mol. The molecule has 1 amide bonds. The van der Waals surface area contributed by atoms with Gasteiger partial charge in [0.25, 0.3) is 0 Å². The minimum absolute atomic E-state index is 0.0902. The molecule has 0 saturated carbocycles. The number of hydrogen-bond donors (Lipinski definition) is 2. The maximum Gasteiger partial charge on any atom is 0.233 e. The standard InChI is InChI=1S/C12H26N2O2/c1-11(2)6-8-14-12(15)10-13-7-4-5-9-16-3/h11,13H,4-10H2,1-3H3,(H,14,15). The highest BCUT2D eigenvalue weighted by atomic mass is 16.5. The topological polar surface area (TPSA) is 50.4 Å². The molecule has 0 unspecified atom stereocenters. The number of carbonyl (C=O) groups is 1. The molecule has 0 rings (SSSR count). The molecule has 0 bridgehead atoms. The van der Waals surface area contributed by atoms with Crippen molar-refractivity contribution in [1.29, 1.82) is 0 Å². The zero-order chi connectivity index (χ0) is 12.2. The van der Waals surface area contributed by atoms with Crippen LogP contribution in [-0.2, 0) is 9.53 Å². The highest BCUT2D eigenvalue weighted by Gasteiger charge is 2.00. The maximum atomic E-state index is 11.3. The first-order valence-electron chi connectivity index (χ1n) is 6.13. The van der Waals surface area contributed by atoms with E-state index in [9.17, 15) is 4.79 Å². The molecule has 0 radical (unpaired) electrons. The van der Waals surface area contributed by atoms with Crippen molar-refractivity contribution in [2.45, 2.75) is 33.1 Å². The van der Waals surface area contributed by atoms with Crippen molar-refractivity contribution in [2.24, 2.45) is 5.92 Å². The van der Waals surface area contributed by atoms with Gasteiger partial charge in [0.05, 0.1) is 6.54 Å². The number of rotatable bonds is 10. The lowest BCUT2D eigenvalue weighted by Crippen LogP contribution is -2.35. The van der Waals surface area contributed by atoms with Crippen LogP contribution in [0, 0.1) is 5.92 Å². The summed E-state index contributed by atoms with van der Waals surface area (Å²) in [6.45, 7) is 7.18. The van der Waals surface area contributed by atoms with Crippen molar-refractivity contribution in [3.8, 4) is 0 Å². The first-order chi connectivity index (χ1) is 7.66. The van der Waals surface area contributed by atoms with Crippen LogP contribution in [0.4, 0.5) is 0 Å². The van der Waals surface area contributed by atoms with E-state index in [0.717, 1.165) is 39.0 Å². The third-order valence-electron chi connectivity index (χ3n) is 2.28. The zero-order valence-corrected chi connectivity index (χ0v) is 10.8. The van der Waals surface area contributed by atoms with E-state index in [4.69, 9.17) is 4.74 Å². The number of carbonyl (C=O) groups excluding carboxylic acids is 1. The minimum Gasteiger partial charge on any atom is -0.385 e. The Morgan fingerprint density at radius 2 is 2.00 bits per heavy atom. The van der Waals surface area contributed by atoms with E-state index >= 15 is 0 Å². The summed E-state index contributed by atoms with van der Waals surface area (Å²) in [6, 6.07) is 0. The van der Waals surface area contributed by atoms with E-state index < -0.39 is 0 Å². The van der Waals surface area contributed by atoms with Gasteiger partial charge in [-0.25, -0.2) is 0 Å². The Kier molecular flexibility index (Phi) is 10.5. The van der Waals surface area contributed by atoms with Gasteiger partial charge in [-0.1, -0.05) is 13.8 Å². The van der Waals surface area contributed by atoms with E-state index in [-0.39, 0.29) is 5.91 Å². The Balaban J connectivity index is 3.17. The Hall–Kier alpha value is -0.610. The fourth-order valence-corrected chi connectivity index (χ4v) is 1.26. The average Bonchev–Trinajstić information content (AvgIpc) is 2.22. The molecule has 0 spiro atoms. The second-order valence-corrected chi connectivity index (χ2v) is 4.41. The molecular weight excluding hydrogens is 204 g/mol. The van der Waals surface area contributed by atoms with Gasteiger partial charge in [0.1, 0.15) is 0 Å². The fraction of sp³-hybridized carbons (Fsp3) is 0.917. The summed E-state index contributed by atoms with van der Waals surface area (Å²) in [5.41, 5.74) is 0. The van der Waals surface area contributed by atoms with Gasteiger partial charge in [0, 0.05) is 20.3 Å². The molecular formula is C12H26N2O2. The quantitative estimate of drug-likeness (QED) is 0.554. The van der Waals surface area contributed by atoms with Crippen molar-refractivity contribution < 1.29 is 9.53 Å². The predicted octanol–water partition coefficient (Wildman–Crippen LogP) is 1.16. The number of hydrogen-bond acceptors (Lipinski definition) is 3. The molecule has 0 aromatic carbocycles. The van der Waals surface area contributed by atoms with Crippen LogP contribution in [0.3, 0.4) is 0 Å². The van der Waals surface area contributed by atoms with E-state index in [0.29, 0.717) is 12.5 Å². The minimum atomic E-state index is 0.0902. The van der Waals surface area contributed by atoms with Crippen molar-refractivity contribution >= 4 is 5.91 Å². The lowest BCUT2D eigenvalue weighted by molar-refractivity contribution is -0.120.